The first-order valence-electron chi connectivity index (χ1n) is 21.1. The molecule has 0 spiro atoms. The van der Waals surface area contributed by atoms with Gasteiger partial charge in [-0.1, -0.05) is 188 Å². The largest absolute Gasteiger partial charge is 0.437 e. The van der Waals surface area contributed by atoms with Crippen LogP contribution in [0.5, 0.6) is 0 Å². The molecule has 0 atom stereocenters. The molecule has 0 saturated carbocycles. The Labute approximate surface area is 356 Å². The molecule has 3 heterocycles. The highest BCUT2D eigenvalue weighted by Gasteiger charge is 2.23. The summed E-state index contributed by atoms with van der Waals surface area (Å²) in [7, 11) is 0. The van der Waals surface area contributed by atoms with Gasteiger partial charge in [0.1, 0.15) is 5.58 Å². The van der Waals surface area contributed by atoms with E-state index >= 15 is 0 Å². The Kier molecular flexibility index (Phi) is 7.57. The minimum Gasteiger partial charge on any atom is -0.437 e. The third-order valence-electron chi connectivity index (χ3n) is 12.6. The zero-order chi connectivity index (χ0) is 40.7. The van der Waals surface area contributed by atoms with E-state index in [1.54, 1.807) is 0 Å². The Bertz CT molecular complexity index is 3820. The van der Waals surface area contributed by atoms with E-state index in [4.69, 9.17) is 14.4 Å². The number of benzene rings is 10. The van der Waals surface area contributed by atoms with Gasteiger partial charge < -0.3 is 4.42 Å². The summed E-state index contributed by atoms with van der Waals surface area (Å²) >= 11 is 0. The molecule has 288 valence electrons. The van der Waals surface area contributed by atoms with Gasteiger partial charge in [0, 0.05) is 21.7 Å². The van der Waals surface area contributed by atoms with Crippen LogP contribution in [0.25, 0.3) is 127 Å². The molecule has 0 aliphatic carbocycles. The van der Waals surface area contributed by atoms with E-state index in [9.17, 15) is 0 Å². The summed E-state index contributed by atoms with van der Waals surface area (Å²) in [6.07, 6.45) is 0. The molecule has 10 aromatic carbocycles. The summed E-state index contributed by atoms with van der Waals surface area (Å²) in [5.41, 5.74) is 12.4. The summed E-state index contributed by atoms with van der Waals surface area (Å²) < 4.78 is 8.81. The normalized spacial score (nSPS) is 11.9. The van der Waals surface area contributed by atoms with Gasteiger partial charge in [0.25, 0.3) is 0 Å². The second kappa shape index (κ2) is 13.6. The SMILES string of the molecule is c1ccc(-c2cccc(-c3cccc4cccc(-c5ccc(-c6nc(-n7c8ccc9ccccc9c8c8c9ccccc9ccc87)nc7oc8ccccc8c67)cc5)c34)c2)cc1. The Morgan fingerprint density at radius 1 is 0.339 bits per heavy atom. The number of para-hydroxylation sites is 1. The molecule has 3 aromatic heterocycles. The van der Waals surface area contributed by atoms with Gasteiger partial charge in [-0.2, -0.15) is 4.98 Å². The van der Waals surface area contributed by atoms with Gasteiger partial charge >= 0.3 is 0 Å². The Balaban J connectivity index is 1.01. The Morgan fingerprint density at radius 2 is 0.887 bits per heavy atom. The number of hydrogen-bond acceptors (Lipinski definition) is 3. The van der Waals surface area contributed by atoms with E-state index in [1.807, 2.05) is 12.1 Å². The van der Waals surface area contributed by atoms with E-state index in [2.05, 4.69) is 205 Å². The second-order valence-corrected chi connectivity index (χ2v) is 16.1. The standard InChI is InChI=1S/C58H35N3O/c1-2-13-36(14-3-1)42-19-10-20-43(35-42)47-25-12-18-40-17-11-24-44(52(40)47)39-27-29-41(30-28-39)56-55-48-23-8-9-26-51(48)62-57(55)60-58(59-56)61-49-33-31-37-15-4-6-21-45(37)53(49)54-46-22-7-5-16-38(46)32-34-50(54)61/h1-35H. The number of furan rings is 1. The zero-order valence-corrected chi connectivity index (χ0v) is 33.5. The van der Waals surface area contributed by atoms with Crippen LogP contribution < -0.4 is 0 Å². The molecule has 13 rings (SSSR count). The fourth-order valence-electron chi connectivity index (χ4n) is 9.81. The van der Waals surface area contributed by atoms with E-state index in [0.29, 0.717) is 11.7 Å². The summed E-state index contributed by atoms with van der Waals surface area (Å²) in [5, 5.41) is 11.5. The zero-order valence-electron chi connectivity index (χ0n) is 33.5. The Hall–Kier alpha value is -8.34. The number of fused-ring (bicyclic) bond motifs is 11. The molecule has 0 aliphatic heterocycles. The maximum absolute atomic E-state index is 6.59. The lowest BCUT2D eigenvalue weighted by Gasteiger charge is -2.14. The number of aromatic nitrogens is 3. The quantitative estimate of drug-likeness (QED) is 0.174. The summed E-state index contributed by atoms with van der Waals surface area (Å²) in [6, 6.07) is 75.8. The van der Waals surface area contributed by atoms with Crippen molar-refractivity contribution in [3.63, 3.8) is 0 Å². The van der Waals surface area contributed by atoms with E-state index < -0.39 is 0 Å². The minimum atomic E-state index is 0.559. The van der Waals surface area contributed by atoms with Crippen molar-refractivity contribution in [1.82, 2.24) is 14.5 Å². The molecule has 0 amide bonds. The van der Waals surface area contributed by atoms with Crippen molar-refractivity contribution in [2.45, 2.75) is 0 Å². The Morgan fingerprint density at radius 3 is 1.60 bits per heavy atom. The third-order valence-corrected chi connectivity index (χ3v) is 12.6. The third kappa shape index (κ3) is 5.27. The number of hydrogen-bond donors (Lipinski definition) is 0. The minimum absolute atomic E-state index is 0.559. The summed E-state index contributed by atoms with van der Waals surface area (Å²) in [4.78, 5) is 10.8. The van der Waals surface area contributed by atoms with Crippen LogP contribution in [-0.2, 0) is 0 Å². The van der Waals surface area contributed by atoms with Crippen LogP contribution in [0.3, 0.4) is 0 Å². The second-order valence-electron chi connectivity index (χ2n) is 16.1. The van der Waals surface area contributed by atoms with Gasteiger partial charge in [-0.05, 0) is 90.0 Å². The van der Waals surface area contributed by atoms with Gasteiger partial charge in [-0.25, -0.2) is 4.98 Å². The molecule has 0 bridgehead atoms. The molecular weight excluding hydrogens is 755 g/mol. The van der Waals surface area contributed by atoms with E-state index in [1.165, 1.54) is 70.9 Å². The van der Waals surface area contributed by atoms with Crippen LogP contribution >= 0.6 is 0 Å². The smallest absolute Gasteiger partial charge is 0.238 e. The maximum Gasteiger partial charge on any atom is 0.238 e. The number of nitrogens with zero attached hydrogens (tertiary/aromatic N) is 3. The number of rotatable bonds is 5. The molecule has 0 N–H and O–H groups in total. The molecule has 0 unspecified atom stereocenters. The van der Waals surface area contributed by atoms with Crippen molar-refractivity contribution >= 4 is 76.2 Å². The van der Waals surface area contributed by atoms with Crippen LogP contribution in [0.1, 0.15) is 0 Å². The predicted octanol–water partition coefficient (Wildman–Crippen LogP) is 15.6. The van der Waals surface area contributed by atoms with Crippen LogP contribution in [0, 0.1) is 0 Å². The van der Waals surface area contributed by atoms with Gasteiger partial charge in [0.05, 0.1) is 22.1 Å². The predicted molar refractivity (Wildman–Crippen MR) is 258 cm³/mol. The van der Waals surface area contributed by atoms with Crippen LogP contribution in [0.15, 0.2) is 217 Å². The first-order chi connectivity index (χ1) is 30.7. The average molecular weight is 790 g/mol. The molecule has 0 radical (unpaired) electrons. The van der Waals surface area contributed by atoms with Crippen LogP contribution in [0.4, 0.5) is 0 Å². The van der Waals surface area contributed by atoms with Crippen molar-refractivity contribution in [1.29, 1.82) is 0 Å². The monoisotopic (exact) mass is 789 g/mol. The lowest BCUT2D eigenvalue weighted by molar-refractivity contribution is 0.651. The first-order valence-corrected chi connectivity index (χ1v) is 21.1. The van der Waals surface area contributed by atoms with Gasteiger partial charge in [-0.3, -0.25) is 4.57 Å². The molecule has 4 nitrogen and oxygen atoms in total. The highest BCUT2D eigenvalue weighted by Crippen LogP contribution is 2.43. The van der Waals surface area contributed by atoms with Gasteiger partial charge in [0.15, 0.2) is 0 Å². The van der Waals surface area contributed by atoms with Gasteiger partial charge in [0.2, 0.25) is 11.7 Å². The molecule has 0 saturated heterocycles. The lowest BCUT2D eigenvalue weighted by atomic mass is 9.90. The summed E-state index contributed by atoms with van der Waals surface area (Å²) in [6.45, 7) is 0. The molecule has 0 fully saturated rings. The van der Waals surface area contributed by atoms with Crippen molar-refractivity contribution < 1.29 is 4.42 Å². The molecule has 13 aromatic rings. The fourth-order valence-corrected chi connectivity index (χ4v) is 9.81. The molecular formula is C58H35N3O. The summed E-state index contributed by atoms with van der Waals surface area (Å²) in [5.74, 6) is 0.567. The topological polar surface area (TPSA) is 43.9 Å². The van der Waals surface area contributed by atoms with Crippen LogP contribution in [-0.4, -0.2) is 14.5 Å². The molecule has 4 heteroatoms. The highest BCUT2D eigenvalue weighted by atomic mass is 16.3. The lowest BCUT2D eigenvalue weighted by Crippen LogP contribution is -2.03. The maximum atomic E-state index is 6.59. The van der Waals surface area contributed by atoms with Gasteiger partial charge in [-0.15, -0.1) is 0 Å². The molecule has 0 aliphatic rings. The van der Waals surface area contributed by atoms with Crippen LogP contribution in [0.2, 0.25) is 0 Å². The van der Waals surface area contributed by atoms with Crippen molar-refractivity contribution in [2.75, 3.05) is 0 Å². The first kappa shape index (κ1) is 34.5. The molecule has 62 heavy (non-hydrogen) atoms. The highest BCUT2D eigenvalue weighted by molar-refractivity contribution is 6.28. The van der Waals surface area contributed by atoms with E-state index in [0.717, 1.165) is 44.2 Å². The van der Waals surface area contributed by atoms with E-state index in [-0.39, 0.29) is 0 Å². The van der Waals surface area contributed by atoms with Crippen molar-refractivity contribution in [3.05, 3.63) is 212 Å². The van der Waals surface area contributed by atoms with Crippen molar-refractivity contribution in [3.8, 4) is 50.6 Å². The van der Waals surface area contributed by atoms with Crippen molar-refractivity contribution in [2.24, 2.45) is 0 Å². The fraction of sp³-hybridized carbons (Fsp3) is 0. The average Bonchev–Trinajstić information content (AvgIpc) is 3.90.